The van der Waals surface area contributed by atoms with Gasteiger partial charge in [-0.15, -0.1) is 0 Å². The number of phenols is 5. The number of fused-ring (bicyclic) bond motifs is 1. The average molecular weight is 302 g/mol. The van der Waals surface area contributed by atoms with E-state index in [0.717, 1.165) is 6.26 Å². The molecule has 0 aliphatic rings. The SMILES string of the molecule is O=c1ccoc2c(-c3c(O)c(O)c(O)c(O)c3O)cccc12. The second-order valence-corrected chi connectivity index (χ2v) is 4.59. The molecule has 0 unspecified atom stereocenters. The Hall–Kier alpha value is -3.35. The van der Waals surface area contributed by atoms with Crippen LogP contribution in [0.4, 0.5) is 0 Å². The zero-order valence-electron chi connectivity index (χ0n) is 10.9. The van der Waals surface area contributed by atoms with Gasteiger partial charge in [0.15, 0.2) is 16.9 Å². The van der Waals surface area contributed by atoms with Crippen molar-refractivity contribution in [1.82, 2.24) is 0 Å². The molecular formula is C15H10O7. The minimum absolute atomic E-state index is 0.0464. The highest BCUT2D eigenvalue weighted by Gasteiger charge is 2.26. The first kappa shape index (κ1) is 13.6. The van der Waals surface area contributed by atoms with Crippen molar-refractivity contribution in [3.05, 3.63) is 40.8 Å². The van der Waals surface area contributed by atoms with E-state index in [1.54, 1.807) is 0 Å². The fourth-order valence-corrected chi connectivity index (χ4v) is 2.25. The second-order valence-electron chi connectivity index (χ2n) is 4.59. The summed E-state index contributed by atoms with van der Waals surface area (Å²) in [5, 5.41) is 48.8. The van der Waals surface area contributed by atoms with Gasteiger partial charge in [0.2, 0.25) is 17.2 Å². The van der Waals surface area contributed by atoms with Crippen LogP contribution in [-0.4, -0.2) is 25.5 Å². The lowest BCUT2D eigenvalue weighted by Crippen LogP contribution is -1.98. The minimum Gasteiger partial charge on any atom is -0.504 e. The first-order valence-corrected chi connectivity index (χ1v) is 6.13. The van der Waals surface area contributed by atoms with Gasteiger partial charge in [-0.05, 0) is 6.07 Å². The zero-order valence-corrected chi connectivity index (χ0v) is 10.9. The molecule has 1 heterocycles. The first-order valence-electron chi connectivity index (χ1n) is 6.13. The van der Waals surface area contributed by atoms with Gasteiger partial charge < -0.3 is 29.9 Å². The predicted molar refractivity (Wildman–Crippen MR) is 76.2 cm³/mol. The summed E-state index contributed by atoms with van der Waals surface area (Å²) in [5.41, 5.74) is -0.594. The Kier molecular flexibility index (Phi) is 2.84. The van der Waals surface area contributed by atoms with Gasteiger partial charge >= 0.3 is 0 Å². The fourth-order valence-electron chi connectivity index (χ4n) is 2.25. The fraction of sp³-hybridized carbons (Fsp3) is 0. The zero-order chi connectivity index (χ0) is 16.0. The van der Waals surface area contributed by atoms with Gasteiger partial charge in [-0.2, -0.15) is 0 Å². The average Bonchev–Trinajstić information content (AvgIpc) is 2.52. The third kappa shape index (κ3) is 1.72. The molecule has 0 saturated heterocycles. The van der Waals surface area contributed by atoms with Crippen molar-refractivity contribution < 1.29 is 29.9 Å². The van der Waals surface area contributed by atoms with Crippen LogP contribution in [0.25, 0.3) is 22.1 Å². The molecule has 0 fully saturated rings. The van der Waals surface area contributed by atoms with Crippen molar-refractivity contribution in [3.63, 3.8) is 0 Å². The number of aromatic hydroxyl groups is 5. The summed E-state index contributed by atoms with van der Waals surface area (Å²) in [7, 11) is 0. The molecule has 0 saturated carbocycles. The highest BCUT2D eigenvalue weighted by atomic mass is 16.4. The van der Waals surface area contributed by atoms with Crippen molar-refractivity contribution in [3.8, 4) is 39.9 Å². The monoisotopic (exact) mass is 302 g/mol. The molecular weight excluding hydrogens is 292 g/mol. The first-order chi connectivity index (χ1) is 10.4. The molecule has 5 N–H and O–H groups in total. The molecule has 0 radical (unpaired) electrons. The second kappa shape index (κ2) is 4.59. The Balaban J connectivity index is 2.49. The van der Waals surface area contributed by atoms with E-state index < -0.39 is 28.7 Å². The van der Waals surface area contributed by atoms with Gasteiger partial charge in [-0.3, -0.25) is 4.79 Å². The summed E-state index contributed by atoms with van der Waals surface area (Å²) in [6, 6.07) is 5.58. The topological polar surface area (TPSA) is 131 Å². The maximum absolute atomic E-state index is 11.8. The molecule has 112 valence electrons. The van der Waals surface area contributed by atoms with Crippen molar-refractivity contribution >= 4 is 11.0 Å². The molecule has 3 aromatic rings. The van der Waals surface area contributed by atoms with E-state index in [9.17, 15) is 30.3 Å². The van der Waals surface area contributed by atoms with E-state index in [-0.39, 0.29) is 27.5 Å². The molecule has 0 amide bonds. The summed E-state index contributed by atoms with van der Waals surface area (Å²) in [4.78, 5) is 11.8. The molecule has 0 aliphatic carbocycles. The van der Waals surface area contributed by atoms with E-state index in [1.165, 1.54) is 24.3 Å². The van der Waals surface area contributed by atoms with Crippen molar-refractivity contribution in [2.45, 2.75) is 0 Å². The van der Waals surface area contributed by atoms with Crippen molar-refractivity contribution in [2.24, 2.45) is 0 Å². The number of hydrogen-bond donors (Lipinski definition) is 5. The maximum atomic E-state index is 11.8. The van der Waals surface area contributed by atoms with E-state index in [0.29, 0.717) is 0 Å². The summed E-state index contributed by atoms with van der Waals surface area (Å²) in [5.74, 6) is -4.76. The van der Waals surface area contributed by atoms with Crippen LogP contribution in [0.5, 0.6) is 28.7 Å². The standard InChI is InChI=1S/C15H10O7/c16-8-4-5-22-15-6(8)2-1-3-7(15)9-10(17)12(19)14(21)13(20)11(9)18/h1-5,17-21H. The summed E-state index contributed by atoms with van der Waals surface area (Å²) < 4.78 is 5.25. The van der Waals surface area contributed by atoms with Gasteiger partial charge in [0.25, 0.3) is 0 Å². The minimum atomic E-state index is -1.06. The molecule has 0 atom stereocenters. The Morgan fingerprint density at radius 3 is 2.00 bits per heavy atom. The maximum Gasteiger partial charge on any atom is 0.208 e. The van der Waals surface area contributed by atoms with Crippen molar-refractivity contribution in [1.29, 1.82) is 0 Å². The van der Waals surface area contributed by atoms with Crippen LogP contribution in [0, 0.1) is 0 Å². The Morgan fingerprint density at radius 1 is 0.773 bits per heavy atom. The van der Waals surface area contributed by atoms with Crippen LogP contribution in [0.15, 0.2) is 39.7 Å². The number of rotatable bonds is 1. The van der Waals surface area contributed by atoms with Gasteiger partial charge in [0.05, 0.1) is 17.2 Å². The lowest BCUT2D eigenvalue weighted by Gasteiger charge is -2.13. The molecule has 3 rings (SSSR count). The molecule has 1 aromatic heterocycles. The Morgan fingerprint density at radius 2 is 1.36 bits per heavy atom. The number of para-hydroxylation sites is 1. The Bertz CT molecular complexity index is 927. The quantitative estimate of drug-likeness (QED) is 0.343. The third-order valence-electron chi connectivity index (χ3n) is 3.33. The number of benzene rings is 2. The summed E-state index contributed by atoms with van der Waals surface area (Å²) in [6.07, 6.45) is 1.14. The normalized spacial score (nSPS) is 10.9. The summed E-state index contributed by atoms with van der Waals surface area (Å²) >= 11 is 0. The van der Waals surface area contributed by atoms with Crippen LogP contribution in [0.3, 0.4) is 0 Å². The highest BCUT2D eigenvalue weighted by Crippen LogP contribution is 2.55. The number of phenolic OH excluding ortho intramolecular Hbond substituents is 5. The molecule has 2 aromatic carbocycles. The highest BCUT2D eigenvalue weighted by molar-refractivity contribution is 5.97. The molecule has 7 nitrogen and oxygen atoms in total. The smallest absolute Gasteiger partial charge is 0.208 e. The van der Waals surface area contributed by atoms with Crippen LogP contribution >= 0.6 is 0 Å². The molecule has 0 aliphatic heterocycles. The van der Waals surface area contributed by atoms with Gasteiger partial charge in [0.1, 0.15) is 5.58 Å². The van der Waals surface area contributed by atoms with E-state index in [4.69, 9.17) is 4.42 Å². The molecule has 0 spiro atoms. The molecule has 7 heteroatoms. The lowest BCUT2D eigenvalue weighted by molar-refractivity contribution is 0.330. The van der Waals surface area contributed by atoms with Gasteiger partial charge in [-0.25, -0.2) is 0 Å². The number of hydrogen-bond acceptors (Lipinski definition) is 7. The predicted octanol–water partition coefficient (Wildman–Crippen LogP) is 1.99. The third-order valence-corrected chi connectivity index (χ3v) is 3.33. The van der Waals surface area contributed by atoms with E-state index in [2.05, 4.69) is 0 Å². The summed E-state index contributed by atoms with van der Waals surface area (Å²) in [6.45, 7) is 0. The van der Waals surface area contributed by atoms with E-state index >= 15 is 0 Å². The van der Waals surface area contributed by atoms with Gasteiger partial charge in [0, 0.05) is 11.6 Å². The van der Waals surface area contributed by atoms with Crippen LogP contribution in [0.1, 0.15) is 0 Å². The van der Waals surface area contributed by atoms with E-state index in [1.807, 2.05) is 0 Å². The van der Waals surface area contributed by atoms with Crippen LogP contribution < -0.4 is 5.43 Å². The van der Waals surface area contributed by atoms with Gasteiger partial charge in [-0.1, -0.05) is 12.1 Å². The molecule has 0 bridgehead atoms. The van der Waals surface area contributed by atoms with Crippen LogP contribution in [-0.2, 0) is 0 Å². The largest absolute Gasteiger partial charge is 0.504 e. The van der Waals surface area contributed by atoms with Crippen molar-refractivity contribution in [2.75, 3.05) is 0 Å². The molecule has 22 heavy (non-hydrogen) atoms. The lowest BCUT2D eigenvalue weighted by atomic mass is 9.99. The Labute approximate surface area is 122 Å². The van der Waals surface area contributed by atoms with Crippen LogP contribution in [0.2, 0.25) is 0 Å².